The zero-order valence-corrected chi connectivity index (χ0v) is 17.9. The van der Waals surface area contributed by atoms with Crippen LogP contribution in [0.1, 0.15) is 36.2 Å². The first-order valence-corrected chi connectivity index (χ1v) is 11.2. The Morgan fingerprint density at radius 1 is 1.00 bits per heavy atom. The molecule has 166 valence electrons. The number of carbonyl (C=O) groups is 1. The number of hydrogen-bond donors (Lipinski definition) is 1. The van der Waals surface area contributed by atoms with Gasteiger partial charge in [-0.2, -0.15) is 0 Å². The molecular weight excluding hydrogens is 406 g/mol. The maximum absolute atomic E-state index is 12.4. The Hall–Kier alpha value is -3.26. The fourth-order valence-corrected chi connectivity index (χ4v) is 4.38. The van der Waals surface area contributed by atoms with Gasteiger partial charge in [-0.15, -0.1) is 0 Å². The molecule has 1 saturated heterocycles. The Bertz CT molecular complexity index is 1060. The van der Waals surface area contributed by atoms with E-state index in [1.54, 1.807) is 24.7 Å². The van der Waals surface area contributed by atoms with Gasteiger partial charge in [0.15, 0.2) is 0 Å². The maximum atomic E-state index is 12.4. The minimum absolute atomic E-state index is 0.0862. The van der Waals surface area contributed by atoms with Crippen molar-refractivity contribution in [3.8, 4) is 5.75 Å². The molecule has 0 atom stereocenters. The van der Waals surface area contributed by atoms with Crippen molar-refractivity contribution in [1.29, 1.82) is 0 Å². The molecule has 1 N–H and O–H groups in total. The molecule has 0 spiro atoms. The Balaban J connectivity index is 1.25. The third-order valence-electron chi connectivity index (χ3n) is 6.10. The Labute approximate surface area is 187 Å². The van der Waals surface area contributed by atoms with Gasteiger partial charge in [-0.25, -0.2) is 4.98 Å². The van der Waals surface area contributed by atoms with Crippen LogP contribution in [0.5, 0.6) is 5.75 Å². The smallest absolute Gasteiger partial charge is 0.270 e. The van der Waals surface area contributed by atoms with Crippen LogP contribution in [0.2, 0.25) is 0 Å². The monoisotopic (exact) mass is 433 g/mol. The molecule has 3 aromatic rings. The summed E-state index contributed by atoms with van der Waals surface area (Å²) < 4.78 is 11.9. The second kappa shape index (κ2) is 9.48. The molecule has 2 aromatic heterocycles. The standard InChI is InChI=1S/C24H27N5O3/c30-24(20-3-1-2-8-25-20)28-17-4-6-19(7-5-17)32-22-16-18(29-11-13-31-14-12-29)15-21-23(22)27-10-9-26-21/h1-3,8-10,15-17,19H,4-7,11-14H2,(H,28,30). The molecule has 5 rings (SSSR count). The van der Waals surface area contributed by atoms with Gasteiger partial charge in [0.2, 0.25) is 0 Å². The van der Waals surface area contributed by atoms with Crippen molar-refractivity contribution >= 4 is 22.6 Å². The van der Waals surface area contributed by atoms with Gasteiger partial charge < -0.3 is 19.7 Å². The van der Waals surface area contributed by atoms with Gasteiger partial charge in [0.05, 0.1) is 24.8 Å². The number of carbonyl (C=O) groups excluding carboxylic acids is 1. The summed E-state index contributed by atoms with van der Waals surface area (Å²) in [6.07, 6.45) is 8.62. The number of hydrogen-bond acceptors (Lipinski definition) is 7. The largest absolute Gasteiger partial charge is 0.488 e. The highest BCUT2D eigenvalue weighted by Gasteiger charge is 2.25. The fraction of sp³-hybridized carbons (Fsp3) is 0.417. The molecule has 1 saturated carbocycles. The summed E-state index contributed by atoms with van der Waals surface area (Å²) in [5, 5.41) is 3.10. The minimum atomic E-state index is -0.116. The van der Waals surface area contributed by atoms with Crippen molar-refractivity contribution in [1.82, 2.24) is 20.3 Å². The van der Waals surface area contributed by atoms with E-state index in [0.29, 0.717) is 5.69 Å². The van der Waals surface area contributed by atoms with Crippen LogP contribution in [0, 0.1) is 0 Å². The topological polar surface area (TPSA) is 89.5 Å². The van der Waals surface area contributed by atoms with Crippen molar-refractivity contribution in [2.75, 3.05) is 31.2 Å². The second-order valence-corrected chi connectivity index (χ2v) is 8.25. The Morgan fingerprint density at radius 3 is 2.59 bits per heavy atom. The van der Waals surface area contributed by atoms with Crippen LogP contribution in [-0.4, -0.2) is 59.3 Å². The summed E-state index contributed by atoms with van der Waals surface area (Å²) >= 11 is 0. The molecule has 8 nitrogen and oxygen atoms in total. The third-order valence-corrected chi connectivity index (χ3v) is 6.10. The first-order chi connectivity index (χ1) is 15.8. The lowest BCUT2D eigenvalue weighted by atomic mass is 9.92. The summed E-state index contributed by atoms with van der Waals surface area (Å²) in [6, 6.07) is 9.66. The van der Waals surface area contributed by atoms with Crippen LogP contribution < -0.4 is 15.0 Å². The van der Waals surface area contributed by atoms with E-state index in [2.05, 4.69) is 37.3 Å². The van der Waals surface area contributed by atoms with E-state index >= 15 is 0 Å². The number of aromatic nitrogens is 3. The minimum Gasteiger partial charge on any atom is -0.488 e. The predicted molar refractivity (Wildman–Crippen MR) is 121 cm³/mol. The summed E-state index contributed by atoms with van der Waals surface area (Å²) in [5.74, 6) is 0.660. The maximum Gasteiger partial charge on any atom is 0.270 e. The summed E-state index contributed by atoms with van der Waals surface area (Å²) in [6.45, 7) is 3.16. The number of benzene rings is 1. The van der Waals surface area contributed by atoms with Gasteiger partial charge in [-0.3, -0.25) is 14.8 Å². The van der Waals surface area contributed by atoms with Crippen LogP contribution in [0.4, 0.5) is 5.69 Å². The molecule has 2 aliphatic rings. The molecule has 0 bridgehead atoms. The average molecular weight is 434 g/mol. The second-order valence-electron chi connectivity index (χ2n) is 8.25. The molecule has 3 heterocycles. The molecule has 8 heteroatoms. The van der Waals surface area contributed by atoms with E-state index in [1.807, 2.05) is 12.1 Å². The quantitative estimate of drug-likeness (QED) is 0.662. The van der Waals surface area contributed by atoms with Crippen molar-refractivity contribution in [3.05, 3.63) is 54.6 Å². The van der Waals surface area contributed by atoms with Gasteiger partial charge >= 0.3 is 0 Å². The number of fused-ring (bicyclic) bond motifs is 1. The normalized spacial score (nSPS) is 21.3. The molecule has 1 aliphatic heterocycles. The Kier molecular flexibility index (Phi) is 6.11. The third kappa shape index (κ3) is 4.65. The van der Waals surface area contributed by atoms with Crippen LogP contribution >= 0.6 is 0 Å². The highest BCUT2D eigenvalue weighted by Crippen LogP contribution is 2.33. The highest BCUT2D eigenvalue weighted by atomic mass is 16.5. The van der Waals surface area contributed by atoms with E-state index in [0.717, 1.165) is 74.5 Å². The van der Waals surface area contributed by atoms with E-state index in [1.165, 1.54) is 0 Å². The van der Waals surface area contributed by atoms with Crippen LogP contribution in [0.15, 0.2) is 48.9 Å². The Morgan fingerprint density at radius 2 is 1.81 bits per heavy atom. The van der Waals surface area contributed by atoms with E-state index in [9.17, 15) is 4.79 Å². The lowest BCUT2D eigenvalue weighted by Gasteiger charge is -2.31. The summed E-state index contributed by atoms with van der Waals surface area (Å²) in [7, 11) is 0. The van der Waals surface area contributed by atoms with Crippen molar-refractivity contribution in [2.45, 2.75) is 37.8 Å². The number of pyridine rings is 1. The van der Waals surface area contributed by atoms with Gasteiger partial charge in [0.1, 0.15) is 17.0 Å². The molecule has 1 aromatic carbocycles. The van der Waals surface area contributed by atoms with Gasteiger partial charge in [0.25, 0.3) is 5.91 Å². The zero-order valence-electron chi connectivity index (χ0n) is 17.9. The van der Waals surface area contributed by atoms with Gasteiger partial charge in [-0.1, -0.05) is 6.07 Å². The molecule has 1 amide bonds. The molecule has 1 aliphatic carbocycles. The van der Waals surface area contributed by atoms with Crippen LogP contribution in [-0.2, 0) is 4.74 Å². The first kappa shape index (κ1) is 20.6. The van der Waals surface area contributed by atoms with Crippen LogP contribution in [0.3, 0.4) is 0 Å². The number of morpholine rings is 1. The number of rotatable bonds is 5. The lowest BCUT2D eigenvalue weighted by Crippen LogP contribution is -2.40. The number of ether oxygens (including phenoxy) is 2. The summed E-state index contributed by atoms with van der Waals surface area (Å²) in [4.78, 5) is 27.9. The van der Waals surface area contributed by atoms with Crippen LogP contribution in [0.25, 0.3) is 11.0 Å². The van der Waals surface area contributed by atoms with E-state index in [4.69, 9.17) is 9.47 Å². The predicted octanol–water partition coefficient (Wildman–Crippen LogP) is 2.98. The SMILES string of the molecule is O=C(NC1CCC(Oc2cc(N3CCOCC3)cc3nccnc23)CC1)c1ccccn1. The molecule has 0 unspecified atom stereocenters. The number of anilines is 1. The van der Waals surface area contributed by atoms with Gasteiger partial charge in [0, 0.05) is 49.5 Å². The van der Waals surface area contributed by atoms with E-state index < -0.39 is 0 Å². The van der Waals surface area contributed by atoms with E-state index in [-0.39, 0.29) is 18.1 Å². The molecule has 32 heavy (non-hydrogen) atoms. The number of nitrogens with zero attached hydrogens (tertiary/aromatic N) is 4. The molecule has 0 radical (unpaired) electrons. The van der Waals surface area contributed by atoms with Crippen molar-refractivity contribution in [2.24, 2.45) is 0 Å². The van der Waals surface area contributed by atoms with Crippen molar-refractivity contribution < 1.29 is 14.3 Å². The van der Waals surface area contributed by atoms with Crippen molar-refractivity contribution in [3.63, 3.8) is 0 Å². The number of nitrogens with one attached hydrogen (secondary N) is 1. The van der Waals surface area contributed by atoms with Gasteiger partial charge in [-0.05, 0) is 43.9 Å². The highest BCUT2D eigenvalue weighted by molar-refractivity contribution is 5.92. The first-order valence-electron chi connectivity index (χ1n) is 11.2. The molecule has 2 fully saturated rings. The lowest BCUT2D eigenvalue weighted by molar-refractivity contribution is 0.0890. The molecular formula is C24H27N5O3. The zero-order chi connectivity index (χ0) is 21.8. The summed E-state index contributed by atoms with van der Waals surface area (Å²) in [5.41, 5.74) is 3.17. The number of amides is 1. The average Bonchev–Trinajstić information content (AvgIpc) is 2.86. The fourth-order valence-electron chi connectivity index (χ4n) is 4.38.